The summed E-state index contributed by atoms with van der Waals surface area (Å²) in [4.78, 5) is 14.7. The van der Waals surface area contributed by atoms with E-state index in [1.54, 1.807) is 0 Å². The Morgan fingerprint density at radius 2 is 1.89 bits per heavy atom. The Morgan fingerprint density at radius 1 is 1.21 bits per heavy atom. The Labute approximate surface area is 117 Å². The van der Waals surface area contributed by atoms with Crippen molar-refractivity contribution in [3.63, 3.8) is 0 Å². The maximum absolute atomic E-state index is 12.4. The molecule has 2 fully saturated rings. The molecule has 2 rings (SSSR count). The molecule has 2 N–H and O–H groups in total. The van der Waals surface area contributed by atoms with Gasteiger partial charge >= 0.3 is 0 Å². The van der Waals surface area contributed by atoms with Crippen LogP contribution in [0.5, 0.6) is 0 Å². The van der Waals surface area contributed by atoms with Crippen LogP contribution in [0.2, 0.25) is 0 Å². The average Bonchev–Trinajstić information content (AvgIpc) is 2.64. The van der Waals surface area contributed by atoms with Gasteiger partial charge in [-0.05, 0) is 25.7 Å². The van der Waals surface area contributed by atoms with Crippen molar-refractivity contribution < 1.29 is 4.79 Å². The second-order valence-electron chi connectivity index (χ2n) is 6.19. The van der Waals surface area contributed by atoms with Gasteiger partial charge in [0.15, 0.2) is 0 Å². The number of carbonyl (C=O) groups is 1. The fourth-order valence-corrected chi connectivity index (χ4v) is 3.25. The van der Waals surface area contributed by atoms with E-state index >= 15 is 0 Å². The van der Waals surface area contributed by atoms with Crippen LogP contribution >= 0.6 is 0 Å². The molecule has 1 aliphatic carbocycles. The van der Waals surface area contributed by atoms with Crippen molar-refractivity contribution >= 4 is 5.91 Å². The molecular formula is C15H29N3O. The molecule has 110 valence electrons. The normalized spacial score (nSPS) is 31.5. The first kappa shape index (κ1) is 14.8. The second kappa shape index (κ2) is 7.25. The lowest BCUT2D eigenvalue weighted by molar-refractivity contribution is -0.127. The molecular weight excluding hydrogens is 238 g/mol. The number of amides is 1. The van der Waals surface area contributed by atoms with Gasteiger partial charge in [-0.3, -0.25) is 9.69 Å². The second-order valence-corrected chi connectivity index (χ2v) is 6.19. The van der Waals surface area contributed by atoms with E-state index in [0.717, 1.165) is 32.6 Å². The summed E-state index contributed by atoms with van der Waals surface area (Å²) in [5.41, 5.74) is 0. The predicted molar refractivity (Wildman–Crippen MR) is 78.1 cm³/mol. The SMILES string of the molecule is CC1CCCCCC1NC(=O)C(C)N1CCNCC1. The summed E-state index contributed by atoms with van der Waals surface area (Å²) in [7, 11) is 0. The number of carbonyl (C=O) groups excluding carboxylic acids is 1. The Morgan fingerprint density at radius 3 is 2.63 bits per heavy atom. The van der Waals surface area contributed by atoms with Crippen LogP contribution in [0.15, 0.2) is 0 Å². The topological polar surface area (TPSA) is 44.4 Å². The van der Waals surface area contributed by atoms with Gasteiger partial charge in [0.2, 0.25) is 5.91 Å². The number of hydrogen-bond acceptors (Lipinski definition) is 3. The van der Waals surface area contributed by atoms with Crippen LogP contribution in [0.3, 0.4) is 0 Å². The smallest absolute Gasteiger partial charge is 0.237 e. The third-order valence-electron chi connectivity index (χ3n) is 4.77. The third-order valence-corrected chi connectivity index (χ3v) is 4.77. The third kappa shape index (κ3) is 4.18. The van der Waals surface area contributed by atoms with Gasteiger partial charge in [-0.15, -0.1) is 0 Å². The highest BCUT2D eigenvalue weighted by atomic mass is 16.2. The summed E-state index contributed by atoms with van der Waals surface area (Å²) in [6.07, 6.45) is 6.32. The zero-order chi connectivity index (χ0) is 13.7. The Hall–Kier alpha value is -0.610. The van der Waals surface area contributed by atoms with Gasteiger partial charge in [0.1, 0.15) is 0 Å². The monoisotopic (exact) mass is 267 g/mol. The minimum Gasteiger partial charge on any atom is -0.352 e. The Balaban J connectivity index is 1.84. The van der Waals surface area contributed by atoms with Crippen LogP contribution in [0.1, 0.15) is 46.0 Å². The maximum Gasteiger partial charge on any atom is 0.237 e. The summed E-state index contributed by atoms with van der Waals surface area (Å²) >= 11 is 0. The van der Waals surface area contributed by atoms with Gasteiger partial charge in [0, 0.05) is 32.2 Å². The van der Waals surface area contributed by atoms with E-state index < -0.39 is 0 Å². The fraction of sp³-hybridized carbons (Fsp3) is 0.933. The number of nitrogens with one attached hydrogen (secondary N) is 2. The molecule has 0 aromatic heterocycles. The lowest BCUT2D eigenvalue weighted by Gasteiger charge is -2.33. The summed E-state index contributed by atoms with van der Waals surface area (Å²) in [5.74, 6) is 0.849. The molecule has 0 spiro atoms. The number of nitrogens with zero attached hydrogens (tertiary/aromatic N) is 1. The molecule has 4 heteroatoms. The lowest BCUT2D eigenvalue weighted by atomic mass is 9.96. The van der Waals surface area contributed by atoms with Crippen LogP contribution < -0.4 is 10.6 Å². The quantitative estimate of drug-likeness (QED) is 0.759. The zero-order valence-corrected chi connectivity index (χ0v) is 12.5. The molecule has 1 aliphatic heterocycles. The van der Waals surface area contributed by atoms with Crippen molar-refractivity contribution in [2.45, 2.75) is 58.0 Å². The molecule has 0 bridgehead atoms. The highest BCUT2D eigenvalue weighted by Gasteiger charge is 2.27. The molecule has 1 heterocycles. The van der Waals surface area contributed by atoms with Crippen molar-refractivity contribution in [1.82, 2.24) is 15.5 Å². The van der Waals surface area contributed by atoms with E-state index in [0.29, 0.717) is 12.0 Å². The highest BCUT2D eigenvalue weighted by molar-refractivity contribution is 5.81. The number of rotatable bonds is 3. The Bertz CT molecular complexity index is 289. The molecule has 2 aliphatic rings. The zero-order valence-electron chi connectivity index (χ0n) is 12.5. The van der Waals surface area contributed by atoms with E-state index in [1.807, 2.05) is 6.92 Å². The summed E-state index contributed by atoms with van der Waals surface area (Å²) < 4.78 is 0. The number of piperazine rings is 1. The number of hydrogen-bond donors (Lipinski definition) is 2. The molecule has 1 amide bonds. The van der Waals surface area contributed by atoms with Crippen LogP contribution in [-0.2, 0) is 4.79 Å². The molecule has 3 atom stereocenters. The first-order valence-electron chi connectivity index (χ1n) is 7.93. The van der Waals surface area contributed by atoms with Crippen LogP contribution in [-0.4, -0.2) is 49.1 Å². The predicted octanol–water partition coefficient (Wildman–Crippen LogP) is 1.37. The van der Waals surface area contributed by atoms with Gasteiger partial charge in [-0.1, -0.05) is 26.2 Å². The molecule has 19 heavy (non-hydrogen) atoms. The van der Waals surface area contributed by atoms with Gasteiger partial charge in [-0.2, -0.15) is 0 Å². The highest BCUT2D eigenvalue weighted by Crippen LogP contribution is 2.23. The minimum absolute atomic E-state index is 0.0116. The van der Waals surface area contributed by atoms with E-state index in [1.165, 1.54) is 25.7 Å². The average molecular weight is 267 g/mol. The minimum atomic E-state index is 0.0116. The summed E-state index contributed by atoms with van der Waals surface area (Å²) in [6, 6.07) is 0.401. The van der Waals surface area contributed by atoms with Gasteiger partial charge < -0.3 is 10.6 Å². The Kier molecular flexibility index (Phi) is 5.64. The molecule has 0 radical (unpaired) electrons. The van der Waals surface area contributed by atoms with Crippen molar-refractivity contribution in [3.8, 4) is 0 Å². The first-order valence-corrected chi connectivity index (χ1v) is 7.93. The van der Waals surface area contributed by atoms with E-state index in [-0.39, 0.29) is 11.9 Å². The van der Waals surface area contributed by atoms with Crippen molar-refractivity contribution in [2.24, 2.45) is 5.92 Å². The molecule has 0 aromatic carbocycles. The molecule has 3 unspecified atom stereocenters. The van der Waals surface area contributed by atoms with Crippen LogP contribution in [0.4, 0.5) is 0 Å². The van der Waals surface area contributed by atoms with E-state index in [2.05, 4.69) is 22.5 Å². The molecule has 0 aromatic rings. The van der Waals surface area contributed by atoms with E-state index in [9.17, 15) is 4.79 Å². The van der Waals surface area contributed by atoms with Gasteiger partial charge in [0.05, 0.1) is 6.04 Å². The van der Waals surface area contributed by atoms with Gasteiger partial charge in [0.25, 0.3) is 0 Å². The van der Waals surface area contributed by atoms with Crippen molar-refractivity contribution in [1.29, 1.82) is 0 Å². The fourth-order valence-electron chi connectivity index (χ4n) is 3.25. The summed E-state index contributed by atoms with van der Waals surface area (Å²) in [5, 5.41) is 6.64. The van der Waals surface area contributed by atoms with Crippen LogP contribution in [0, 0.1) is 5.92 Å². The molecule has 1 saturated heterocycles. The van der Waals surface area contributed by atoms with Crippen LogP contribution in [0.25, 0.3) is 0 Å². The largest absolute Gasteiger partial charge is 0.352 e. The lowest BCUT2D eigenvalue weighted by Crippen LogP contribution is -2.54. The molecule has 1 saturated carbocycles. The van der Waals surface area contributed by atoms with Crippen molar-refractivity contribution in [3.05, 3.63) is 0 Å². The van der Waals surface area contributed by atoms with Gasteiger partial charge in [-0.25, -0.2) is 0 Å². The maximum atomic E-state index is 12.4. The van der Waals surface area contributed by atoms with Crippen molar-refractivity contribution in [2.75, 3.05) is 26.2 Å². The van der Waals surface area contributed by atoms with E-state index in [4.69, 9.17) is 0 Å². The summed E-state index contributed by atoms with van der Waals surface area (Å²) in [6.45, 7) is 8.28. The molecule has 4 nitrogen and oxygen atoms in total. The first-order chi connectivity index (χ1) is 9.18. The standard InChI is InChI=1S/C15H29N3O/c1-12-6-4-3-5-7-14(12)17-15(19)13(2)18-10-8-16-9-11-18/h12-14,16H,3-11H2,1-2H3,(H,17,19).